The number of carbonyl (C=O) groups excluding carboxylic acids is 4. The van der Waals surface area contributed by atoms with Crippen LogP contribution in [0.15, 0.2) is 121 Å². The first-order valence-corrected chi connectivity index (χ1v) is 23.9. The Morgan fingerprint density at radius 3 is 1.95 bits per heavy atom. The number of hydrogen-bond donors (Lipinski definition) is 2. The lowest BCUT2D eigenvalue weighted by Crippen LogP contribution is -2.46. The van der Waals surface area contributed by atoms with Crippen molar-refractivity contribution in [2.45, 2.75) is 56.8 Å². The topological polar surface area (TPSA) is 149 Å². The van der Waals surface area contributed by atoms with Gasteiger partial charge in [-0.25, -0.2) is 0 Å². The Hall–Kier alpha value is -6.32. The second kappa shape index (κ2) is 16.2. The number of aliphatic hydroxyl groups is 1. The van der Waals surface area contributed by atoms with Crippen LogP contribution in [0.4, 0.5) is 28.4 Å². The zero-order valence-corrected chi connectivity index (χ0v) is 35.8. The normalized spacial score (nSPS) is 21.7. The lowest BCUT2D eigenvalue weighted by atomic mass is 9.82. The first-order chi connectivity index (χ1) is 29.9. The highest BCUT2D eigenvalue weighted by atomic mass is 28.4. The smallest absolute Gasteiger partial charge is 0.269 e. The summed E-state index contributed by atoms with van der Waals surface area (Å²) in [5, 5.41) is 9.99. The number of anilines is 5. The van der Waals surface area contributed by atoms with Crippen LogP contribution in [-0.4, -0.2) is 79.2 Å². The largest absolute Gasteiger partial charge is 0.482 e. The molecule has 4 aliphatic rings. The molecule has 4 aliphatic heterocycles. The van der Waals surface area contributed by atoms with E-state index in [1.807, 2.05) is 116 Å². The van der Waals surface area contributed by atoms with Crippen molar-refractivity contribution in [1.29, 1.82) is 0 Å². The van der Waals surface area contributed by atoms with Gasteiger partial charge in [0.15, 0.2) is 27.1 Å². The third-order valence-electron chi connectivity index (χ3n) is 12.5. The Labute approximate surface area is 360 Å². The number of benzene rings is 5. The number of ether oxygens (including phenoxy) is 3. The number of fused-ring (bicyclic) bond motifs is 4. The van der Waals surface area contributed by atoms with E-state index in [9.17, 15) is 24.3 Å². The molecule has 5 aromatic carbocycles. The molecule has 4 heterocycles. The Balaban J connectivity index is 1.10. The van der Waals surface area contributed by atoms with Gasteiger partial charge in [-0.2, -0.15) is 0 Å². The van der Waals surface area contributed by atoms with Crippen molar-refractivity contribution < 1.29 is 43.3 Å². The highest BCUT2D eigenvalue weighted by Crippen LogP contribution is 2.60. The van der Waals surface area contributed by atoms with Crippen molar-refractivity contribution in [3.8, 4) is 11.5 Å². The van der Waals surface area contributed by atoms with Crippen LogP contribution in [0.1, 0.15) is 30.0 Å². The van der Waals surface area contributed by atoms with E-state index in [0.29, 0.717) is 45.5 Å². The summed E-state index contributed by atoms with van der Waals surface area (Å²) in [7, 11) is -3.18. The molecule has 13 nitrogen and oxygen atoms in total. The third kappa shape index (κ3) is 7.12. The van der Waals surface area contributed by atoms with Crippen molar-refractivity contribution in [2.24, 2.45) is 5.92 Å². The van der Waals surface area contributed by atoms with Gasteiger partial charge in [0.2, 0.25) is 5.91 Å². The molecular formula is C48H48N4O9Si. The lowest BCUT2D eigenvalue weighted by molar-refractivity contribution is -0.150. The summed E-state index contributed by atoms with van der Waals surface area (Å²) in [4.78, 5) is 74.9. The van der Waals surface area contributed by atoms with Gasteiger partial charge in [0.25, 0.3) is 17.7 Å². The quantitative estimate of drug-likeness (QED) is 0.141. The van der Waals surface area contributed by atoms with E-state index in [1.165, 1.54) is 0 Å². The molecule has 0 unspecified atom stereocenters. The fourth-order valence-electron chi connectivity index (χ4n) is 9.78. The minimum absolute atomic E-state index is 0.0880. The molecule has 0 aliphatic carbocycles. The van der Waals surface area contributed by atoms with E-state index in [2.05, 4.69) is 0 Å². The number of nitrogens with zero attached hydrogens (tertiary/aromatic N) is 4. The first kappa shape index (κ1) is 41.1. The summed E-state index contributed by atoms with van der Waals surface area (Å²) in [6.07, 6.45) is -0.969. The molecular weight excluding hydrogens is 805 g/mol. The second-order valence-corrected chi connectivity index (χ2v) is 20.8. The van der Waals surface area contributed by atoms with E-state index < -0.39 is 31.5 Å². The lowest BCUT2D eigenvalue weighted by Gasteiger charge is -2.33. The summed E-state index contributed by atoms with van der Waals surface area (Å²) in [6.45, 7) is 5.55. The van der Waals surface area contributed by atoms with Gasteiger partial charge in [0.1, 0.15) is 11.5 Å². The van der Waals surface area contributed by atoms with Crippen LogP contribution in [0, 0.1) is 5.92 Å². The molecule has 4 atom stereocenters. The number of amides is 4. The molecule has 9 rings (SSSR count). The molecule has 0 radical (unpaired) electrons. The van der Waals surface area contributed by atoms with Crippen molar-refractivity contribution in [2.75, 3.05) is 41.1 Å². The molecule has 14 heteroatoms. The number of rotatable bonds is 11. The van der Waals surface area contributed by atoms with Gasteiger partial charge in [-0.15, -0.1) is 0 Å². The Morgan fingerprint density at radius 2 is 1.34 bits per heavy atom. The minimum atomic E-state index is -3.18. The second-order valence-electron chi connectivity index (χ2n) is 16.8. The van der Waals surface area contributed by atoms with Gasteiger partial charge < -0.3 is 33.9 Å². The molecule has 1 fully saturated rings. The molecule has 5 aromatic rings. The van der Waals surface area contributed by atoms with Gasteiger partial charge in [0, 0.05) is 41.5 Å². The predicted molar refractivity (Wildman–Crippen MR) is 235 cm³/mol. The zero-order valence-electron chi connectivity index (χ0n) is 34.8. The molecule has 0 aromatic heterocycles. The third-order valence-corrected chi connectivity index (χ3v) is 15.0. The average Bonchev–Trinajstić information content (AvgIpc) is 3.69. The number of para-hydroxylation sites is 4. The maximum Gasteiger partial charge on any atom is 0.269 e. The van der Waals surface area contributed by atoms with E-state index in [4.69, 9.17) is 14.2 Å². The molecule has 318 valence electrons. The van der Waals surface area contributed by atoms with Crippen molar-refractivity contribution >= 4 is 60.4 Å². The highest BCUT2D eigenvalue weighted by molar-refractivity contribution is 6.71. The fourth-order valence-corrected chi connectivity index (χ4v) is 12.3. The van der Waals surface area contributed by atoms with E-state index in [1.54, 1.807) is 44.8 Å². The van der Waals surface area contributed by atoms with Crippen molar-refractivity contribution in [3.05, 3.63) is 138 Å². The van der Waals surface area contributed by atoms with E-state index in [-0.39, 0.29) is 69.5 Å². The maximum atomic E-state index is 15.5. The molecule has 0 saturated carbocycles. The first-order valence-electron chi connectivity index (χ1n) is 20.9. The van der Waals surface area contributed by atoms with E-state index in [0.717, 1.165) is 11.1 Å². The molecule has 1 saturated heterocycles. The molecule has 2 N–H and O–H groups in total. The standard InChI is InChI=1S/C48H48N4O9Si/c1-31-46(62(2,3)58)42(26-43(54)49(23-24-53)27-32-11-5-4-6-12-32)61-48(31)36-25-35(52-39-14-8-10-16-41(39)60-30-45(52)56)21-22-37(36)50(47(48)57)28-33-17-19-34(20-18-33)51-38-13-7-9-15-40(38)59-29-44(51)55/h4-22,25,31,42,46,53,58H,23-24,26-30H2,1-3H3/t31-,42+,46-,48+/m0/s1. The number of hydrogen-bond acceptors (Lipinski definition) is 9. The monoisotopic (exact) mass is 852 g/mol. The summed E-state index contributed by atoms with van der Waals surface area (Å²) in [6, 6.07) is 37.1. The van der Waals surface area contributed by atoms with Crippen LogP contribution < -0.4 is 24.2 Å². The Morgan fingerprint density at radius 1 is 0.758 bits per heavy atom. The average molecular weight is 853 g/mol. The van der Waals surface area contributed by atoms with Crippen molar-refractivity contribution in [3.63, 3.8) is 0 Å². The van der Waals surface area contributed by atoms with Gasteiger partial charge >= 0.3 is 0 Å². The maximum absolute atomic E-state index is 15.5. The van der Waals surface area contributed by atoms with Gasteiger partial charge in [-0.1, -0.05) is 73.7 Å². The van der Waals surface area contributed by atoms with Crippen LogP contribution >= 0.6 is 0 Å². The fraction of sp³-hybridized carbons (Fsp3) is 0.292. The van der Waals surface area contributed by atoms with Crippen LogP contribution in [0.5, 0.6) is 11.5 Å². The molecule has 0 bridgehead atoms. The van der Waals surface area contributed by atoms with Crippen LogP contribution in [0.2, 0.25) is 18.6 Å². The SMILES string of the molecule is C[C@H]1[C@H]([Si](C)(C)O)[C@@H](CC(=O)N(CCO)Cc2ccccc2)O[C@]12C(=O)N(Cc1ccc(N3C(=O)COc4ccccc43)cc1)c1ccc(N3C(=O)COc4ccccc43)cc12. The van der Waals surface area contributed by atoms with Gasteiger partial charge in [-0.05, 0) is 78.8 Å². The number of carbonyl (C=O) groups is 4. The predicted octanol–water partition coefficient (Wildman–Crippen LogP) is 6.56. The van der Waals surface area contributed by atoms with Gasteiger partial charge in [0.05, 0.1) is 42.7 Å². The van der Waals surface area contributed by atoms with Crippen LogP contribution in [-0.2, 0) is 42.6 Å². The molecule has 62 heavy (non-hydrogen) atoms. The highest BCUT2D eigenvalue weighted by Gasteiger charge is 2.66. The van der Waals surface area contributed by atoms with E-state index >= 15 is 4.79 Å². The molecule has 1 spiro atoms. The Bertz CT molecular complexity index is 2550. The Kier molecular flexibility index (Phi) is 10.7. The van der Waals surface area contributed by atoms with Crippen LogP contribution in [0.25, 0.3) is 0 Å². The minimum Gasteiger partial charge on any atom is -0.482 e. The van der Waals surface area contributed by atoms with Gasteiger partial charge in [-0.3, -0.25) is 29.0 Å². The van der Waals surface area contributed by atoms with Crippen LogP contribution in [0.3, 0.4) is 0 Å². The number of aliphatic hydroxyl groups excluding tert-OH is 1. The van der Waals surface area contributed by atoms with Crippen molar-refractivity contribution in [1.82, 2.24) is 4.90 Å². The zero-order chi connectivity index (χ0) is 43.3. The summed E-state index contributed by atoms with van der Waals surface area (Å²) < 4.78 is 18.5. The summed E-state index contributed by atoms with van der Waals surface area (Å²) in [5.74, 6) is -0.544. The summed E-state index contributed by atoms with van der Waals surface area (Å²) >= 11 is 0. The summed E-state index contributed by atoms with van der Waals surface area (Å²) in [5.41, 5.74) is 2.98. The molecule has 4 amide bonds.